The number of rotatable bonds is 2. The first-order valence-corrected chi connectivity index (χ1v) is 9.02. The third-order valence-corrected chi connectivity index (χ3v) is 5.17. The predicted molar refractivity (Wildman–Crippen MR) is 99.4 cm³/mol. The second-order valence-electron chi connectivity index (χ2n) is 4.54. The lowest BCUT2D eigenvalue weighted by Gasteiger charge is -2.13. The van der Waals surface area contributed by atoms with Gasteiger partial charge in [-0.15, -0.1) is 0 Å². The summed E-state index contributed by atoms with van der Waals surface area (Å²) in [5.41, 5.74) is 0.691. The molecule has 0 amide bonds. The van der Waals surface area contributed by atoms with E-state index in [4.69, 9.17) is 58.0 Å². The summed E-state index contributed by atoms with van der Waals surface area (Å²) in [4.78, 5) is 9.51. The molecule has 23 heavy (non-hydrogen) atoms. The fourth-order valence-corrected chi connectivity index (χ4v) is 3.61. The molecule has 0 spiro atoms. The maximum atomic E-state index is 6.23. The van der Waals surface area contributed by atoms with Gasteiger partial charge in [0.25, 0.3) is 0 Å². The molecule has 0 aliphatic heterocycles. The molecule has 0 aliphatic rings. The van der Waals surface area contributed by atoms with Crippen molar-refractivity contribution >= 4 is 80.7 Å². The minimum absolute atomic E-state index is 0.119. The number of para-hydroxylation sites is 1. The van der Waals surface area contributed by atoms with Crippen molar-refractivity contribution in [3.63, 3.8) is 0 Å². The quantitative estimate of drug-likeness (QED) is 0.330. The number of fused-ring (bicyclic) bond motifs is 1. The summed E-state index contributed by atoms with van der Waals surface area (Å²) in [5, 5.41) is 2.59. The van der Waals surface area contributed by atoms with E-state index in [2.05, 4.69) is 9.97 Å². The standard InChI is InChI=1S/C15H7Cl5N2S/c16-8-5-6-12(10(17)7-8)23-13-9-3-1-2-4-11(9)21-14(22-13)15(18,19)20/h1-7H. The van der Waals surface area contributed by atoms with Crippen LogP contribution >= 0.6 is 69.8 Å². The van der Waals surface area contributed by atoms with Gasteiger partial charge in [-0.3, -0.25) is 0 Å². The van der Waals surface area contributed by atoms with E-state index in [-0.39, 0.29) is 5.82 Å². The van der Waals surface area contributed by atoms with E-state index in [1.807, 2.05) is 30.3 Å². The molecule has 0 atom stereocenters. The molecule has 0 saturated carbocycles. The first-order valence-electron chi connectivity index (χ1n) is 6.31. The second kappa shape index (κ2) is 6.83. The van der Waals surface area contributed by atoms with Gasteiger partial charge in [0.15, 0.2) is 5.82 Å². The lowest BCUT2D eigenvalue weighted by molar-refractivity contribution is 0.940. The van der Waals surface area contributed by atoms with E-state index in [1.165, 1.54) is 11.8 Å². The Balaban J connectivity index is 2.15. The van der Waals surface area contributed by atoms with Crippen LogP contribution in [0, 0.1) is 0 Å². The van der Waals surface area contributed by atoms with Gasteiger partial charge >= 0.3 is 0 Å². The molecule has 3 rings (SSSR count). The lowest BCUT2D eigenvalue weighted by atomic mass is 10.2. The van der Waals surface area contributed by atoms with Crippen molar-refractivity contribution in [2.75, 3.05) is 0 Å². The number of hydrogen-bond donors (Lipinski definition) is 0. The second-order valence-corrected chi connectivity index (χ2v) is 8.70. The van der Waals surface area contributed by atoms with Crippen molar-refractivity contribution in [2.45, 2.75) is 13.7 Å². The van der Waals surface area contributed by atoms with Crippen molar-refractivity contribution in [1.29, 1.82) is 0 Å². The molecule has 3 aromatic rings. The Morgan fingerprint density at radius 1 is 0.913 bits per heavy atom. The van der Waals surface area contributed by atoms with Crippen LogP contribution in [0.15, 0.2) is 52.4 Å². The van der Waals surface area contributed by atoms with Gasteiger partial charge in [-0.2, -0.15) is 0 Å². The summed E-state index contributed by atoms with van der Waals surface area (Å²) in [6.07, 6.45) is 0. The van der Waals surface area contributed by atoms with E-state index in [0.717, 1.165) is 10.3 Å². The average molecular weight is 425 g/mol. The summed E-state index contributed by atoms with van der Waals surface area (Å²) < 4.78 is -1.71. The smallest absolute Gasteiger partial charge is 0.228 e. The van der Waals surface area contributed by atoms with Crippen LogP contribution < -0.4 is 0 Å². The number of nitrogens with zero attached hydrogens (tertiary/aromatic N) is 2. The number of alkyl halides is 3. The van der Waals surface area contributed by atoms with Gasteiger partial charge in [-0.25, -0.2) is 9.97 Å². The van der Waals surface area contributed by atoms with Gasteiger partial charge in [0.05, 0.1) is 10.5 Å². The number of halogens is 5. The average Bonchev–Trinajstić information content (AvgIpc) is 2.49. The first kappa shape index (κ1) is 17.4. The Labute approximate surface area is 162 Å². The van der Waals surface area contributed by atoms with Crippen molar-refractivity contribution in [1.82, 2.24) is 9.97 Å². The van der Waals surface area contributed by atoms with Crippen LogP contribution in [-0.2, 0) is 3.79 Å². The molecule has 0 N–H and O–H groups in total. The van der Waals surface area contributed by atoms with Crippen LogP contribution in [0.2, 0.25) is 10.0 Å². The van der Waals surface area contributed by atoms with Crippen molar-refractivity contribution in [3.8, 4) is 0 Å². The number of aromatic nitrogens is 2. The van der Waals surface area contributed by atoms with Gasteiger partial charge in [0.2, 0.25) is 3.79 Å². The Hall–Kier alpha value is -0.420. The monoisotopic (exact) mass is 422 g/mol. The molecule has 0 unspecified atom stereocenters. The highest BCUT2D eigenvalue weighted by Crippen LogP contribution is 2.41. The molecule has 2 nitrogen and oxygen atoms in total. The zero-order valence-corrected chi connectivity index (χ0v) is 15.8. The van der Waals surface area contributed by atoms with Crippen LogP contribution in [0.4, 0.5) is 0 Å². The molecular weight excluding hydrogens is 418 g/mol. The fourth-order valence-electron chi connectivity index (χ4n) is 1.91. The van der Waals surface area contributed by atoms with Gasteiger partial charge in [0, 0.05) is 15.3 Å². The van der Waals surface area contributed by atoms with E-state index in [0.29, 0.717) is 20.6 Å². The molecule has 2 aromatic carbocycles. The van der Waals surface area contributed by atoms with Crippen molar-refractivity contribution < 1.29 is 0 Å². The third-order valence-electron chi connectivity index (χ3n) is 2.92. The Bertz CT molecular complexity index is 879. The zero-order valence-electron chi connectivity index (χ0n) is 11.2. The fraction of sp³-hybridized carbons (Fsp3) is 0.0667. The minimum atomic E-state index is -1.71. The Kier molecular flexibility index (Phi) is 5.17. The van der Waals surface area contributed by atoms with Gasteiger partial charge in [-0.05, 0) is 24.3 Å². The highest BCUT2D eigenvalue weighted by Gasteiger charge is 2.28. The van der Waals surface area contributed by atoms with Gasteiger partial charge in [-0.1, -0.05) is 88.0 Å². The SMILES string of the molecule is Clc1ccc(Sc2nc(C(Cl)(Cl)Cl)nc3ccccc23)c(Cl)c1. The van der Waals surface area contributed by atoms with Gasteiger partial charge < -0.3 is 0 Å². The normalized spacial score (nSPS) is 11.9. The molecule has 8 heteroatoms. The molecular formula is C15H7Cl5N2S. The number of hydrogen-bond acceptors (Lipinski definition) is 3. The van der Waals surface area contributed by atoms with Crippen LogP contribution in [0.3, 0.4) is 0 Å². The van der Waals surface area contributed by atoms with Crippen molar-refractivity contribution in [2.24, 2.45) is 0 Å². The van der Waals surface area contributed by atoms with E-state index in [9.17, 15) is 0 Å². The zero-order chi connectivity index (χ0) is 16.6. The summed E-state index contributed by atoms with van der Waals surface area (Å²) in [7, 11) is 0. The third kappa shape index (κ3) is 3.98. The van der Waals surface area contributed by atoms with E-state index < -0.39 is 3.79 Å². The van der Waals surface area contributed by atoms with Crippen molar-refractivity contribution in [3.05, 3.63) is 58.3 Å². The molecule has 0 fully saturated rings. The van der Waals surface area contributed by atoms with Gasteiger partial charge in [0.1, 0.15) is 5.03 Å². The highest BCUT2D eigenvalue weighted by molar-refractivity contribution is 7.99. The highest BCUT2D eigenvalue weighted by atomic mass is 35.6. The molecule has 1 aromatic heterocycles. The number of benzene rings is 2. The summed E-state index contributed by atoms with van der Waals surface area (Å²) in [6.45, 7) is 0. The van der Waals surface area contributed by atoms with Crippen LogP contribution in [-0.4, -0.2) is 9.97 Å². The van der Waals surface area contributed by atoms with Crippen LogP contribution in [0.5, 0.6) is 0 Å². The summed E-state index contributed by atoms with van der Waals surface area (Å²) in [6, 6.07) is 12.8. The van der Waals surface area contributed by atoms with Crippen LogP contribution in [0.1, 0.15) is 5.82 Å². The summed E-state index contributed by atoms with van der Waals surface area (Å²) in [5.74, 6) is 0.119. The minimum Gasteiger partial charge on any atom is -0.228 e. The molecule has 118 valence electrons. The van der Waals surface area contributed by atoms with E-state index in [1.54, 1.807) is 12.1 Å². The molecule has 0 radical (unpaired) electrons. The first-order chi connectivity index (χ1) is 10.8. The summed E-state index contributed by atoms with van der Waals surface area (Å²) >= 11 is 31.3. The predicted octanol–water partition coefficient (Wildman–Crippen LogP) is 6.91. The van der Waals surface area contributed by atoms with Crippen LogP contribution in [0.25, 0.3) is 10.9 Å². The molecule has 0 bridgehead atoms. The maximum absolute atomic E-state index is 6.23. The maximum Gasteiger partial charge on any atom is 0.250 e. The molecule has 0 aliphatic carbocycles. The largest absolute Gasteiger partial charge is 0.250 e. The van der Waals surface area contributed by atoms with E-state index >= 15 is 0 Å². The molecule has 1 heterocycles. The lowest BCUT2D eigenvalue weighted by Crippen LogP contribution is -2.08. The topological polar surface area (TPSA) is 25.8 Å². The Morgan fingerprint density at radius 3 is 2.35 bits per heavy atom. The Morgan fingerprint density at radius 2 is 1.65 bits per heavy atom. The molecule has 0 saturated heterocycles.